The Labute approximate surface area is 161 Å². The summed E-state index contributed by atoms with van der Waals surface area (Å²) in [6.07, 6.45) is 1.57. The summed E-state index contributed by atoms with van der Waals surface area (Å²) in [5.74, 6) is 0.361. The Morgan fingerprint density at radius 3 is 2.96 bits per heavy atom. The first-order valence-electron chi connectivity index (χ1n) is 7.65. The molecule has 8 nitrogen and oxygen atoms in total. The molecule has 4 rings (SSSR count). The van der Waals surface area contributed by atoms with Crippen LogP contribution in [0.4, 0.5) is 0 Å². The lowest BCUT2D eigenvalue weighted by Gasteiger charge is -2.49. The molecule has 0 spiro atoms. The van der Waals surface area contributed by atoms with E-state index in [0.29, 0.717) is 17.2 Å². The first-order valence-corrected chi connectivity index (χ1v) is 10.0. The molecule has 2 N–H and O–H groups in total. The van der Waals surface area contributed by atoms with Gasteiger partial charge in [0.15, 0.2) is 5.82 Å². The monoisotopic (exact) mass is 407 g/mol. The van der Waals surface area contributed by atoms with E-state index in [1.807, 2.05) is 17.5 Å². The molecule has 11 heteroatoms. The fourth-order valence-corrected chi connectivity index (χ4v) is 5.24. The molecule has 1 saturated heterocycles. The molecular weight excluding hydrogens is 394 g/mol. The molecule has 0 saturated carbocycles. The highest BCUT2D eigenvalue weighted by molar-refractivity contribution is 8.00. The van der Waals surface area contributed by atoms with Gasteiger partial charge in [-0.25, -0.2) is 4.98 Å². The van der Waals surface area contributed by atoms with Gasteiger partial charge in [-0.3, -0.25) is 24.4 Å². The molecule has 2 aliphatic heterocycles. The minimum atomic E-state index is -0.647. The van der Waals surface area contributed by atoms with E-state index in [-0.39, 0.29) is 29.3 Å². The summed E-state index contributed by atoms with van der Waals surface area (Å²) in [7, 11) is 0. The van der Waals surface area contributed by atoms with Crippen molar-refractivity contribution in [3.63, 3.8) is 0 Å². The van der Waals surface area contributed by atoms with Gasteiger partial charge in [0.2, 0.25) is 11.0 Å². The molecule has 2 amide bonds. The highest BCUT2D eigenvalue weighted by Crippen LogP contribution is 2.43. The number of rotatable bonds is 5. The van der Waals surface area contributed by atoms with Gasteiger partial charge in [-0.1, -0.05) is 18.7 Å². The van der Waals surface area contributed by atoms with Crippen LogP contribution in [0, 0.1) is 0 Å². The summed E-state index contributed by atoms with van der Waals surface area (Å²) in [5, 5.41) is 10.3. The second-order valence-electron chi connectivity index (χ2n) is 5.68. The van der Waals surface area contributed by atoms with Gasteiger partial charge >= 0.3 is 0 Å². The molecule has 0 radical (unpaired) electrons. The van der Waals surface area contributed by atoms with Crippen LogP contribution in [0.5, 0.6) is 0 Å². The average Bonchev–Trinajstić information content (AvgIpc) is 3.32. The molecule has 26 heavy (non-hydrogen) atoms. The van der Waals surface area contributed by atoms with E-state index in [4.69, 9.17) is 0 Å². The first-order chi connectivity index (χ1) is 12.6. The maximum absolute atomic E-state index is 12.6. The number of thioether (sulfide) groups is 1. The predicted molar refractivity (Wildman–Crippen MR) is 100 cm³/mol. The van der Waals surface area contributed by atoms with E-state index in [2.05, 4.69) is 33.1 Å². The second kappa shape index (κ2) is 6.89. The van der Waals surface area contributed by atoms with Gasteiger partial charge in [-0.05, 0) is 11.4 Å². The number of carbonyl (C=O) groups excluding carboxylic acids is 3. The number of aromatic nitrogens is 3. The van der Waals surface area contributed by atoms with Crippen LogP contribution in [0.15, 0.2) is 29.5 Å². The summed E-state index contributed by atoms with van der Waals surface area (Å²) in [4.78, 5) is 43.2. The van der Waals surface area contributed by atoms with Gasteiger partial charge in [-0.2, -0.15) is 5.10 Å². The van der Waals surface area contributed by atoms with E-state index in [1.165, 1.54) is 34.3 Å². The summed E-state index contributed by atoms with van der Waals surface area (Å²) in [5.41, 5.74) is 0.781. The number of nitrogens with zero attached hydrogens (tertiary/aromatic N) is 3. The second-order valence-corrected chi connectivity index (χ2v) is 8.22. The van der Waals surface area contributed by atoms with Crippen molar-refractivity contribution in [3.8, 4) is 0 Å². The first kappa shape index (κ1) is 17.3. The summed E-state index contributed by atoms with van der Waals surface area (Å²) in [6, 6.07) is 3.10. The van der Waals surface area contributed by atoms with E-state index in [1.54, 1.807) is 0 Å². The molecule has 2 aliphatic rings. The lowest BCUT2D eigenvalue weighted by Crippen LogP contribution is -2.70. The Kier molecular flexibility index (Phi) is 4.59. The Balaban J connectivity index is 1.52. The third-order valence-electron chi connectivity index (χ3n) is 4.10. The van der Waals surface area contributed by atoms with Crippen molar-refractivity contribution in [2.75, 3.05) is 5.75 Å². The summed E-state index contributed by atoms with van der Waals surface area (Å²) >= 11 is 6.87. The number of hydrogen-bond donors (Lipinski definition) is 3. The fourth-order valence-electron chi connectivity index (χ4n) is 2.95. The molecule has 2 aromatic rings. The van der Waals surface area contributed by atoms with Crippen molar-refractivity contribution >= 4 is 58.2 Å². The zero-order valence-electron chi connectivity index (χ0n) is 13.2. The van der Waals surface area contributed by atoms with Crippen LogP contribution in [0.25, 0.3) is 5.57 Å². The third kappa shape index (κ3) is 2.95. The fraction of sp³-hybridized carbons (Fsp3) is 0.267. The van der Waals surface area contributed by atoms with Gasteiger partial charge in [0.1, 0.15) is 23.4 Å². The number of amides is 2. The SMILES string of the molecule is O=C(Cc1cccs1)N[C@@H]1C(=O)N2C(C(=O)S)=C(c3ncn[nH]3)CS[C@H]12. The molecule has 4 heterocycles. The maximum atomic E-state index is 12.6. The van der Waals surface area contributed by atoms with Gasteiger partial charge in [-0.15, -0.1) is 23.1 Å². The zero-order chi connectivity index (χ0) is 18.3. The van der Waals surface area contributed by atoms with Crippen LogP contribution in [-0.4, -0.2) is 54.2 Å². The number of nitrogens with one attached hydrogen (secondary N) is 2. The van der Waals surface area contributed by atoms with Crippen LogP contribution in [0.1, 0.15) is 10.7 Å². The largest absolute Gasteiger partial charge is 0.341 e. The molecule has 0 bridgehead atoms. The average molecular weight is 408 g/mol. The van der Waals surface area contributed by atoms with Crippen molar-refractivity contribution < 1.29 is 14.4 Å². The summed E-state index contributed by atoms with van der Waals surface area (Å²) < 4.78 is 0. The van der Waals surface area contributed by atoms with Crippen molar-refractivity contribution in [1.82, 2.24) is 25.4 Å². The van der Waals surface area contributed by atoms with Crippen molar-refractivity contribution in [3.05, 3.63) is 40.2 Å². The van der Waals surface area contributed by atoms with Crippen LogP contribution in [0.2, 0.25) is 0 Å². The molecule has 2 aromatic heterocycles. The lowest BCUT2D eigenvalue weighted by molar-refractivity contribution is -0.146. The normalized spacial score (nSPS) is 22.0. The van der Waals surface area contributed by atoms with E-state index < -0.39 is 11.2 Å². The number of β-lactam (4-membered cyclic amide) rings is 1. The number of thiophene rings is 1. The van der Waals surface area contributed by atoms with Crippen molar-refractivity contribution in [2.24, 2.45) is 0 Å². The molecule has 1 fully saturated rings. The van der Waals surface area contributed by atoms with Gasteiger partial charge in [0.05, 0.1) is 6.42 Å². The van der Waals surface area contributed by atoms with Crippen LogP contribution in [0.3, 0.4) is 0 Å². The van der Waals surface area contributed by atoms with Gasteiger partial charge in [0.25, 0.3) is 5.91 Å². The molecular formula is C15H13N5O3S3. The van der Waals surface area contributed by atoms with Crippen LogP contribution >= 0.6 is 35.7 Å². The molecule has 134 valence electrons. The van der Waals surface area contributed by atoms with Gasteiger partial charge in [0, 0.05) is 16.2 Å². The van der Waals surface area contributed by atoms with Crippen molar-refractivity contribution in [1.29, 1.82) is 0 Å². The number of fused-ring (bicyclic) bond motifs is 1. The Morgan fingerprint density at radius 1 is 1.46 bits per heavy atom. The zero-order valence-corrected chi connectivity index (χ0v) is 15.7. The maximum Gasteiger partial charge on any atom is 0.253 e. The van der Waals surface area contributed by atoms with E-state index in [9.17, 15) is 14.4 Å². The summed E-state index contributed by atoms with van der Waals surface area (Å²) in [6.45, 7) is 0. The minimum absolute atomic E-state index is 0.197. The predicted octanol–water partition coefficient (Wildman–Crippen LogP) is 0.676. The Bertz CT molecular complexity index is 894. The van der Waals surface area contributed by atoms with Crippen LogP contribution < -0.4 is 5.32 Å². The number of carbonyl (C=O) groups is 3. The minimum Gasteiger partial charge on any atom is -0.341 e. The van der Waals surface area contributed by atoms with E-state index in [0.717, 1.165) is 4.88 Å². The standard InChI is InChI=1S/C15H13N5O3S3/c21-9(4-7-2-1-3-25-7)18-10-13(22)20-11(15(23)24)8(5-26-14(10)20)12-16-6-17-19-12/h1-3,6,10,14H,4-5H2,(H,18,21)(H,23,24)(H,16,17,19)/t10-,14-/m1/s1. The Morgan fingerprint density at radius 2 is 2.31 bits per heavy atom. The number of hydrogen-bond acceptors (Lipinski definition) is 7. The van der Waals surface area contributed by atoms with Crippen LogP contribution in [-0.2, 0) is 20.8 Å². The molecule has 0 aromatic carbocycles. The smallest absolute Gasteiger partial charge is 0.253 e. The molecule has 2 atom stereocenters. The van der Waals surface area contributed by atoms with E-state index >= 15 is 0 Å². The number of aromatic amines is 1. The highest BCUT2D eigenvalue weighted by Gasteiger charge is 2.54. The Hall–Kier alpha value is -2.11. The lowest BCUT2D eigenvalue weighted by atomic mass is 10.0. The van der Waals surface area contributed by atoms with Crippen molar-refractivity contribution in [2.45, 2.75) is 17.8 Å². The number of H-pyrrole nitrogens is 1. The quantitative estimate of drug-likeness (QED) is 0.497. The highest BCUT2D eigenvalue weighted by atomic mass is 32.2. The topological polar surface area (TPSA) is 108 Å². The molecule has 0 unspecified atom stereocenters. The van der Waals surface area contributed by atoms with Gasteiger partial charge < -0.3 is 5.32 Å². The molecule has 0 aliphatic carbocycles. The number of thiol groups is 1. The third-order valence-corrected chi connectivity index (χ3v) is 6.47.